The highest BCUT2D eigenvalue weighted by atomic mass is 16.1. The van der Waals surface area contributed by atoms with E-state index in [0.29, 0.717) is 5.65 Å². The van der Waals surface area contributed by atoms with Gasteiger partial charge in [-0.1, -0.05) is 41.1 Å². The van der Waals surface area contributed by atoms with Gasteiger partial charge in [0.15, 0.2) is 11.2 Å². The van der Waals surface area contributed by atoms with Gasteiger partial charge in [0.05, 0.1) is 5.69 Å². The first kappa shape index (κ1) is 14.9. The third-order valence-electron chi connectivity index (χ3n) is 3.82. The maximum Gasteiger partial charge on any atom is 0.303 e. The Morgan fingerprint density at radius 3 is 2.48 bits per heavy atom. The van der Waals surface area contributed by atoms with Crippen LogP contribution in [0.4, 0.5) is 11.6 Å². The minimum Gasteiger partial charge on any atom is -0.333 e. The number of hydrogen-bond acceptors (Lipinski definition) is 6. The first-order valence-corrected chi connectivity index (χ1v) is 7.66. The van der Waals surface area contributed by atoms with Gasteiger partial charge in [0, 0.05) is 5.69 Å². The lowest BCUT2D eigenvalue weighted by molar-refractivity contribution is 0.817. The van der Waals surface area contributed by atoms with Crippen LogP contribution in [0.25, 0.3) is 16.9 Å². The van der Waals surface area contributed by atoms with Crippen LogP contribution in [0.15, 0.2) is 59.4 Å². The summed E-state index contributed by atoms with van der Waals surface area (Å²) >= 11 is 0. The van der Waals surface area contributed by atoms with E-state index < -0.39 is 5.56 Å². The van der Waals surface area contributed by atoms with Gasteiger partial charge in [0.2, 0.25) is 5.95 Å². The summed E-state index contributed by atoms with van der Waals surface area (Å²) in [4.78, 5) is 16.9. The van der Waals surface area contributed by atoms with Crippen LogP contribution in [0, 0.1) is 6.92 Å². The quantitative estimate of drug-likeness (QED) is 0.554. The van der Waals surface area contributed by atoms with Crippen LogP contribution in [0.1, 0.15) is 5.56 Å². The molecule has 3 N–H and O–H groups in total. The normalized spacial score (nSPS) is 10.9. The number of hydrogen-bond donors (Lipinski definition) is 2. The zero-order valence-corrected chi connectivity index (χ0v) is 13.4. The van der Waals surface area contributed by atoms with Gasteiger partial charge in [-0.25, -0.2) is 0 Å². The Morgan fingerprint density at radius 2 is 1.76 bits per heavy atom. The summed E-state index contributed by atoms with van der Waals surface area (Å²) in [7, 11) is 0. The van der Waals surface area contributed by atoms with Crippen LogP contribution in [0.2, 0.25) is 0 Å². The van der Waals surface area contributed by atoms with Crippen molar-refractivity contribution in [1.29, 1.82) is 0 Å². The molecule has 2 aromatic heterocycles. The van der Waals surface area contributed by atoms with Gasteiger partial charge in [-0.15, -0.1) is 5.10 Å². The average Bonchev–Trinajstić information content (AvgIpc) is 3.06. The molecule has 0 bridgehead atoms. The van der Waals surface area contributed by atoms with Crippen LogP contribution in [-0.2, 0) is 0 Å². The number of rotatable bonds is 3. The molecule has 0 saturated carbocycles. The lowest BCUT2D eigenvalue weighted by atomic mass is 10.2. The Hall–Kier alpha value is -3.68. The highest BCUT2D eigenvalue weighted by Gasteiger charge is 2.16. The standard InChI is InChI=1S/C17H15N7O/c1-11-7-9-12(10-8-11)19-17-20-15-14(16(25)23(17)18)21-22-24(15)13-5-3-2-4-6-13/h2-10H,18H2,1H3,(H,19,20). The Balaban J connectivity index is 1.86. The molecule has 0 atom stereocenters. The van der Waals surface area contributed by atoms with Crippen molar-refractivity contribution in [3.05, 3.63) is 70.5 Å². The Morgan fingerprint density at radius 1 is 1.04 bits per heavy atom. The van der Waals surface area contributed by atoms with E-state index in [1.54, 1.807) is 0 Å². The van der Waals surface area contributed by atoms with Crippen molar-refractivity contribution >= 4 is 22.8 Å². The first-order chi connectivity index (χ1) is 12.1. The highest BCUT2D eigenvalue weighted by Crippen LogP contribution is 2.17. The maximum atomic E-state index is 12.5. The summed E-state index contributed by atoms with van der Waals surface area (Å²) < 4.78 is 2.45. The van der Waals surface area contributed by atoms with Crippen molar-refractivity contribution in [3.8, 4) is 5.69 Å². The van der Waals surface area contributed by atoms with Crippen molar-refractivity contribution in [1.82, 2.24) is 24.7 Å². The van der Waals surface area contributed by atoms with Crippen molar-refractivity contribution in [2.45, 2.75) is 6.92 Å². The van der Waals surface area contributed by atoms with Crippen molar-refractivity contribution in [3.63, 3.8) is 0 Å². The second-order valence-corrected chi connectivity index (χ2v) is 5.61. The van der Waals surface area contributed by atoms with Gasteiger partial charge in [0.1, 0.15) is 0 Å². The molecule has 0 aliphatic heterocycles. The van der Waals surface area contributed by atoms with Crippen molar-refractivity contribution < 1.29 is 0 Å². The van der Waals surface area contributed by atoms with Crippen LogP contribution in [0.5, 0.6) is 0 Å². The number of benzene rings is 2. The number of nitrogens with zero attached hydrogens (tertiary/aromatic N) is 5. The zero-order valence-electron chi connectivity index (χ0n) is 13.4. The molecular weight excluding hydrogens is 318 g/mol. The first-order valence-electron chi connectivity index (χ1n) is 7.66. The fourth-order valence-electron chi connectivity index (χ4n) is 2.48. The molecule has 0 aliphatic carbocycles. The largest absolute Gasteiger partial charge is 0.333 e. The highest BCUT2D eigenvalue weighted by molar-refractivity contribution is 5.73. The van der Waals surface area contributed by atoms with Crippen molar-refractivity contribution in [2.75, 3.05) is 11.2 Å². The molecule has 8 nitrogen and oxygen atoms in total. The summed E-state index contributed by atoms with van der Waals surface area (Å²) in [5, 5.41) is 11.0. The number of nitrogens with two attached hydrogens (primary N) is 1. The SMILES string of the molecule is Cc1ccc(Nc2nc3c(nnn3-c3ccccc3)c(=O)n2N)cc1. The van der Waals surface area contributed by atoms with Crippen LogP contribution in [0.3, 0.4) is 0 Å². The van der Waals surface area contributed by atoms with E-state index in [0.717, 1.165) is 21.6 Å². The topological polar surface area (TPSA) is 104 Å². The second kappa shape index (κ2) is 5.75. The summed E-state index contributed by atoms with van der Waals surface area (Å²) in [6.45, 7) is 2.00. The van der Waals surface area contributed by atoms with Gasteiger partial charge >= 0.3 is 5.56 Å². The molecule has 25 heavy (non-hydrogen) atoms. The molecule has 0 radical (unpaired) electrons. The molecule has 124 valence electrons. The molecule has 2 heterocycles. The predicted octanol–water partition coefficient (Wildman–Crippen LogP) is 1.74. The number of aryl methyl sites for hydroxylation is 1. The molecule has 4 aromatic rings. The molecule has 0 unspecified atom stereocenters. The van der Waals surface area contributed by atoms with E-state index >= 15 is 0 Å². The van der Waals surface area contributed by atoms with Gasteiger partial charge < -0.3 is 11.2 Å². The molecule has 2 aromatic carbocycles. The Kier molecular flexibility index (Phi) is 3.42. The molecule has 0 amide bonds. The molecule has 0 saturated heterocycles. The van der Waals surface area contributed by atoms with E-state index in [1.807, 2.05) is 61.5 Å². The molecule has 4 rings (SSSR count). The van der Waals surface area contributed by atoms with Gasteiger partial charge in [-0.3, -0.25) is 4.79 Å². The number of fused-ring (bicyclic) bond motifs is 1. The van der Waals surface area contributed by atoms with Crippen molar-refractivity contribution in [2.24, 2.45) is 0 Å². The number of nitrogen functional groups attached to an aromatic ring is 1. The van der Waals surface area contributed by atoms with Gasteiger partial charge in [-0.05, 0) is 31.2 Å². The Labute approximate surface area is 142 Å². The number of nitrogens with one attached hydrogen (secondary N) is 1. The van der Waals surface area contributed by atoms with Crippen LogP contribution >= 0.6 is 0 Å². The van der Waals surface area contributed by atoms with Gasteiger partial charge in [0.25, 0.3) is 0 Å². The summed E-state index contributed by atoms with van der Waals surface area (Å²) in [5.74, 6) is 6.09. The number of para-hydroxylation sites is 1. The zero-order chi connectivity index (χ0) is 17.4. The van der Waals surface area contributed by atoms with Gasteiger partial charge in [-0.2, -0.15) is 14.3 Å². The monoisotopic (exact) mass is 333 g/mol. The third kappa shape index (κ3) is 2.59. The molecule has 8 heteroatoms. The van der Waals surface area contributed by atoms with Crippen LogP contribution in [-0.4, -0.2) is 24.7 Å². The van der Waals surface area contributed by atoms with E-state index in [1.165, 1.54) is 4.68 Å². The summed E-state index contributed by atoms with van der Waals surface area (Å²) in [6, 6.07) is 17.0. The fourth-order valence-corrected chi connectivity index (χ4v) is 2.48. The molecular formula is C17H15N7O. The average molecular weight is 333 g/mol. The minimum absolute atomic E-state index is 0.112. The number of anilines is 2. The molecule has 0 fully saturated rings. The lowest BCUT2D eigenvalue weighted by Crippen LogP contribution is -2.30. The van der Waals surface area contributed by atoms with Crippen LogP contribution < -0.4 is 16.7 Å². The van der Waals surface area contributed by atoms with E-state index in [4.69, 9.17) is 5.84 Å². The smallest absolute Gasteiger partial charge is 0.303 e. The summed E-state index contributed by atoms with van der Waals surface area (Å²) in [5.41, 5.74) is 2.64. The Bertz CT molecular complexity index is 1100. The summed E-state index contributed by atoms with van der Waals surface area (Å²) in [6.07, 6.45) is 0. The maximum absolute atomic E-state index is 12.5. The lowest BCUT2D eigenvalue weighted by Gasteiger charge is -2.10. The molecule has 0 aliphatic rings. The third-order valence-corrected chi connectivity index (χ3v) is 3.82. The fraction of sp³-hybridized carbons (Fsp3) is 0.0588. The minimum atomic E-state index is -0.471. The number of aromatic nitrogens is 5. The van der Waals surface area contributed by atoms with E-state index in [9.17, 15) is 4.79 Å². The van der Waals surface area contributed by atoms with E-state index in [2.05, 4.69) is 20.6 Å². The van der Waals surface area contributed by atoms with E-state index in [-0.39, 0.29) is 11.5 Å². The molecule has 0 spiro atoms. The second-order valence-electron chi connectivity index (χ2n) is 5.61. The predicted molar refractivity (Wildman–Crippen MR) is 95.5 cm³/mol.